The van der Waals surface area contributed by atoms with Gasteiger partial charge < -0.3 is 23.7 Å². The molecule has 1 fully saturated rings. The summed E-state index contributed by atoms with van der Waals surface area (Å²) in [6, 6.07) is 20.8. The number of benzene rings is 3. The molecule has 1 aromatic heterocycles. The molecule has 4 aromatic rings. The molecule has 1 amide bonds. The molecule has 7 nitrogen and oxygen atoms in total. The molecule has 2 heterocycles. The zero-order chi connectivity index (χ0) is 24.4. The van der Waals surface area contributed by atoms with Gasteiger partial charge in [0, 0.05) is 23.9 Å². The van der Waals surface area contributed by atoms with Crippen LogP contribution in [0.25, 0.3) is 11.0 Å². The zero-order valence-corrected chi connectivity index (χ0v) is 20.4. The first-order chi connectivity index (χ1) is 17.1. The van der Waals surface area contributed by atoms with Gasteiger partial charge in [-0.05, 0) is 54.6 Å². The molecule has 3 aromatic carbocycles. The van der Waals surface area contributed by atoms with Gasteiger partial charge in [-0.15, -0.1) is 0 Å². The van der Waals surface area contributed by atoms with Crippen LogP contribution in [0.4, 0.5) is 5.69 Å². The molecule has 180 valence electrons. The minimum atomic E-state index is -0.0698. The van der Waals surface area contributed by atoms with E-state index in [-0.39, 0.29) is 11.8 Å². The number of para-hydroxylation sites is 2. The maximum absolute atomic E-state index is 13.1. The quantitative estimate of drug-likeness (QED) is 0.334. The van der Waals surface area contributed by atoms with Crippen molar-refractivity contribution in [3.8, 4) is 17.2 Å². The fourth-order valence-corrected chi connectivity index (χ4v) is 4.72. The van der Waals surface area contributed by atoms with Crippen molar-refractivity contribution in [2.75, 3.05) is 32.3 Å². The van der Waals surface area contributed by atoms with Gasteiger partial charge >= 0.3 is 0 Å². The van der Waals surface area contributed by atoms with Crippen LogP contribution in [0.3, 0.4) is 0 Å². The number of anilines is 1. The molecule has 8 heteroatoms. The van der Waals surface area contributed by atoms with Gasteiger partial charge in [-0.2, -0.15) is 0 Å². The average molecular weight is 492 g/mol. The van der Waals surface area contributed by atoms with Crippen LogP contribution in [0.2, 0.25) is 5.02 Å². The predicted molar refractivity (Wildman–Crippen MR) is 136 cm³/mol. The molecule has 0 N–H and O–H groups in total. The van der Waals surface area contributed by atoms with Crippen LogP contribution in [0, 0.1) is 0 Å². The number of fused-ring (bicyclic) bond motifs is 1. The van der Waals surface area contributed by atoms with Gasteiger partial charge in [-0.1, -0.05) is 23.7 Å². The fourth-order valence-electron chi connectivity index (χ4n) is 4.55. The molecule has 5 rings (SSSR count). The normalized spacial score (nSPS) is 15.6. The number of hydrogen-bond donors (Lipinski definition) is 0. The van der Waals surface area contributed by atoms with E-state index >= 15 is 0 Å². The van der Waals surface area contributed by atoms with E-state index in [0.717, 1.165) is 28.4 Å². The number of methoxy groups -OCH3 is 2. The van der Waals surface area contributed by atoms with Gasteiger partial charge in [0.25, 0.3) is 0 Å². The lowest BCUT2D eigenvalue weighted by Gasteiger charge is -2.20. The van der Waals surface area contributed by atoms with Crippen molar-refractivity contribution >= 4 is 34.2 Å². The van der Waals surface area contributed by atoms with E-state index in [2.05, 4.69) is 4.57 Å². The first kappa shape index (κ1) is 23.1. The van der Waals surface area contributed by atoms with Crippen molar-refractivity contribution in [2.45, 2.75) is 18.9 Å². The van der Waals surface area contributed by atoms with E-state index in [1.54, 1.807) is 37.3 Å². The largest absolute Gasteiger partial charge is 0.497 e. The number of imidazole rings is 1. The number of halogens is 1. The lowest BCUT2D eigenvalue weighted by Crippen LogP contribution is -2.25. The van der Waals surface area contributed by atoms with Crippen LogP contribution >= 0.6 is 11.6 Å². The number of aromatic nitrogens is 2. The van der Waals surface area contributed by atoms with Crippen LogP contribution in [-0.2, 0) is 11.3 Å². The molecule has 1 atom stereocenters. The number of carbonyl (C=O) groups is 1. The first-order valence-corrected chi connectivity index (χ1v) is 11.8. The second-order valence-electron chi connectivity index (χ2n) is 8.36. The number of amides is 1. The molecular weight excluding hydrogens is 466 g/mol. The molecule has 0 spiro atoms. The summed E-state index contributed by atoms with van der Waals surface area (Å²) < 4.78 is 18.8. The van der Waals surface area contributed by atoms with E-state index in [4.69, 9.17) is 30.8 Å². The van der Waals surface area contributed by atoms with Crippen molar-refractivity contribution in [2.24, 2.45) is 0 Å². The maximum Gasteiger partial charge on any atom is 0.227 e. The van der Waals surface area contributed by atoms with E-state index in [9.17, 15) is 4.79 Å². The fraction of sp³-hybridized carbons (Fsp3) is 0.259. The van der Waals surface area contributed by atoms with Gasteiger partial charge in [-0.25, -0.2) is 4.98 Å². The molecule has 1 saturated heterocycles. The van der Waals surface area contributed by atoms with Gasteiger partial charge in [0.1, 0.15) is 29.7 Å². The summed E-state index contributed by atoms with van der Waals surface area (Å²) in [6.45, 7) is 1.57. The Kier molecular flexibility index (Phi) is 6.51. The zero-order valence-electron chi connectivity index (χ0n) is 19.6. The van der Waals surface area contributed by atoms with E-state index in [0.29, 0.717) is 42.6 Å². The number of ether oxygens (including phenoxy) is 3. The smallest absolute Gasteiger partial charge is 0.227 e. The summed E-state index contributed by atoms with van der Waals surface area (Å²) >= 11 is 6.23. The van der Waals surface area contributed by atoms with Gasteiger partial charge in [-0.3, -0.25) is 4.79 Å². The maximum atomic E-state index is 13.1. The van der Waals surface area contributed by atoms with Crippen molar-refractivity contribution in [1.82, 2.24) is 9.55 Å². The number of nitrogens with zero attached hydrogens (tertiary/aromatic N) is 3. The molecule has 0 saturated carbocycles. The van der Waals surface area contributed by atoms with Gasteiger partial charge in [0.05, 0.1) is 37.5 Å². The topological polar surface area (TPSA) is 65.8 Å². The molecule has 0 radical (unpaired) electrons. The summed E-state index contributed by atoms with van der Waals surface area (Å²) in [4.78, 5) is 19.7. The highest BCUT2D eigenvalue weighted by atomic mass is 35.5. The third kappa shape index (κ3) is 4.64. The van der Waals surface area contributed by atoms with Crippen LogP contribution < -0.4 is 19.1 Å². The molecule has 1 aliphatic rings. The van der Waals surface area contributed by atoms with Crippen molar-refractivity contribution in [3.05, 3.63) is 77.6 Å². The molecular formula is C27H26ClN3O4. The second kappa shape index (κ2) is 9.88. The van der Waals surface area contributed by atoms with Crippen LogP contribution in [0.15, 0.2) is 66.7 Å². The molecule has 1 aliphatic heterocycles. The standard InChI is InChI=1S/C27H26ClN3O4/c1-33-20-8-10-21(11-9-20)35-14-13-30-23-6-4-3-5-22(23)29-27(30)18-15-26(32)31(17-18)24-16-19(28)7-12-25(24)34-2/h3-12,16,18H,13-15,17H2,1-2H3/t18-/m1/s1. The summed E-state index contributed by atoms with van der Waals surface area (Å²) in [7, 11) is 3.23. The SMILES string of the molecule is COc1ccc(OCCn2c([C@@H]3CC(=O)N(c4cc(Cl)ccc4OC)C3)nc3ccccc32)cc1. The summed E-state index contributed by atoms with van der Waals surface area (Å²) in [5.74, 6) is 2.99. The monoisotopic (exact) mass is 491 g/mol. The summed E-state index contributed by atoms with van der Waals surface area (Å²) in [5, 5.41) is 0.556. The van der Waals surface area contributed by atoms with E-state index in [1.807, 2.05) is 48.5 Å². The number of carbonyl (C=O) groups excluding carboxylic acids is 1. The van der Waals surface area contributed by atoms with Crippen LogP contribution in [0.5, 0.6) is 17.2 Å². The minimum absolute atomic E-state index is 0.0173. The van der Waals surface area contributed by atoms with Crippen molar-refractivity contribution in [1.29, 1.82) is 0 Å². The molecule has 0 unspecified atom stereocenters. The average Bonchev–Trinajstić information content (AvgIpc) is 3.45. The highest BCUT2D eigenvalue weighted by Gasteiger charge is 2.36. The third-order valence-electron chi connectivity index (χ3n) is 6.25. The van der Waals surface area contributed by atoms with Crippen molar-refractivity contribution < 1.29 is 19.0 Å². The van der Waals surface area contributed by atoms with Crippen LogP contribution in [-0.4, -0.2) is 42.8 Å². The number of rotatable bonds is 8. The first-order valence-electron chi connectivity index (χ1n) is 11.4. The van der Waals surface area contributed by atoms with Gasteiger partial charge in [0.15, 0.2) is 0 Å². The van der Waals surface area contributed by atoms with E-state index in [1.165, 1.54) is 0 Å². The Balaban J connectivity index is 1.40. The lowest BCUT2D eigenvalue weighted by molar-refractivity contribution is -0.117. The Labute approximate surface area is 208 Å². The minimum Gasteiger partial charge on any atom is -0.497 e. The Morgan fingerprint density at radius 2 is 1.77 bits per heavy atom. The Morgan fingerprint density at radius 3 is 2.54 bits per heavy atom. The Morgan fingerprint density at radius 1 is 1.00 bits per heavy atom. The molecule has 35 heavy (non-hydrogen) atoms. The number of hydrogen-bond acceptors (Lipinski definition) is 5. The summed E-state index contributed by atoms with van der Waals surface area (Å²) in [6.07, 6.45) is 0.359. The second-order valence-corrected chi connectivity index (χ2v) is 8.79. The predicted octanol–water partition coefficient (Wildman–Crippen LogP) is 5.31. The van der Waals surface area contributed by atoms with Gasteiger partial charge in [0.2, 0.25) is 5.91 Å². The molecule has 0 aliphatic carbocycles. The highest BCUT2D eigenvalue weighted by Crippen LogP contribution is 2.38. The van der Waals surface area contributed by atoms with Crippen LogP contribution in [0.1, 0.15) is 18.2 Å². The Hall–Kier alpha value is -3.71. The Bertz CT molecular complexity index is 1350. The van der Waals surface area contributed by atoms with Crippen molar-refractivity contribution in [3.63, 3.8) is 0 Å². The lowest BCUT2D eigenvalue weighted by atomic mass is 10.1. The highest BCUT2D eigenvalue weighted by molar-refractivity contribution is 6.31. The summed E-state index contributed by atoms with van der Waals surface area (Å²) in [5.41, 5.74) is 2.60. The van der Waals surface area contributed by atoms with E-state index < -0.39 is 0 Å². The third-order valence-corrected chi connectivity index (χ3v) is 6.48. The molecule has 0 bridgehead atoms.